The van der Waals surface area contributed by atoms with Gasteiger partial charge in [-0.1, -0.05) is 59.6 Å². The Morgan fingerprint density at radius 1 is 1.10 bits per heavy atom. The van der Waals surface area contributed by atoms with Gasteiger partial charge in [-0.15, -0.1) is 0 Å². The van der Waals surface area contributed by atoms with E-state index in [1.54, 1.807) is 25.3 Å². The molecule has 5 rings (SSSR count). The van der Waals surface area contributed by atoms with Gasteiger partial charge >= 0.3 is 0 Å². The first-order valence-corrected chi connectivity index (χ1v) is 13.6. The molecule has 0 bridgehead atoms. The number of anilines is 1. The van der Waals surface area contributed by atoms with E-state index in [2.05, 4.69) is 20.8 Å². The van der Waals surface area contributed by atoms with Gasteiger partial charge in [0.15, 0.2) is 0 Å². The van der Waals surface area contributed by atoms with Crippen LogP contribution in [0.4, 0.5) is 5.69 Å². The number of aliphatic hydroxyl groups excluding tert-OH is 1. The van der Waals surface area contributed by atoms with Gasteiger partial charge in [0.1, 0.15) is 5.56 Å². The summed E-state index contributed by atoms with van der Waals surface area (Å²) in [5, 5.41) is 22.7. The van der Waals surface area contributed by atoms with Crippen molar-refractivity contribution in [3.8, 4) is 28.3 Å². The van der Waals surface area contributed by atoms with E-state index >= 15 is 0 Å². The van der Waals surface area contributed by atoms with Crippen LogP contribution < -0.4 is 20.9 Å². The standard InChI is InChI=1S/C29H27Cl2N5O5/c1-40-29-16(14-32-22-11-13-41-15-24(22)37)8-9-21(35-29)19-6-2-4-17(25(19)30)18-5-3-7-23(26(18)31)34-27(38)20-10-12-33-36-28(20)39/h2-10,12,22,24,32,37H,11,13-15H2,1H3,(H,34,38)(H,36,39)/t22?,24-/m0/s1. The number of carbonyl (C=O) groups excluding carboxylic acids is 1. The predicted octanol–water partition coefficient (Wildman–Crippen LogP) is 4.31. The van der Waals surface area contributed by atoms with Crippen LogP contribution in [0.25, 0.3) is 22.4 Å². The molecule has 2 aromatic carbocycles. The second-order valence-electron chi connectivity index (χ2n) is 9.37. The molecule has 1 fully saturated rings. The fourth-order valence-electron chi connectivity index (χ4n) is 4.62. The van der Waals surface area contributed by atoms with Crippen molar-refractivity contribution in [2.45, 2.75) is 25.1 Å². The summed E-state index contributed by atoms with van der Waals surface area (Å²) in [5.74, 6) is -0.184. The topological polar surface area (TPSA) is 138 Å². The lowest BCUT2D eigenvalue weighted by Crippen LogP contribution is -2.46. The number of halogens is 2. The zero-order chi connectivity index (χ0) is 28.9. The van der Waals surface area contributed by atoms with Gasteiger partial charge in [0.25, 0.3) is 11.5 Å². The number of amides is 1. The fraction of sp³-hybridized carbons (Fsp3) is 0.241. The molecule has 0 spiro atoms. The smallest absolute Gasteiger partial charge is 0.277 e. The molecule has 2 aromatic heterocycles. The molecule has 3 heterocycles. The number of pyridine rings is 1. The molecule has 12 heteroatoms. The number of hydrogen-bond acceptors (Lipinski definition) is 8. The number of nitrogens with one attached hydrogen (secondary N) is 3. The summed E-state index contributed by atoms with van der Waals surface area (Å²) in [4.78, 5) is 29.4. The summed E-state index contributed by atoms with van der Waals surface area (Å²) in [6, 6.07) is 15.7. The van der Waals surface area contributed by atoms with E-state index in [9.17, 15) is 14.7 Å². The fourth-order valence-corrected chi connectivity index (χ4v) is 5.22. The number of aliphatic hydroxyl groups is 1. The molecule has 0 saturated carbocycles. The molecule has 1 saturated heterocycles. The number of H-pyrrole nitrogens is 1. The Bertz CT molecular complexity index is 1630. The molecular formula is C29H27Cl2N5O5. The summed E-state index contributed by atoms with van der Waals surface area (Å²) in [6.07, 6.45) is 1.47. The molecule has 1 amide bonds. The lowest BCUT2D eigenvalue weighted by Gasteiger charge is -2.28. The molecule has 0 radical (unpaired) electrons. The number of ether oxygens (including phenoxy) is 2. The Morgan fingerprint density at radius 3 is 2.61 bits per heavy atom. The second kappa shape index (κ2) is 12.8. The SMILES string of the molecule is COc1nc(-c2cccc(-c3cccc(NC(=O)c4ccn[nH]c4=O)c3Cl)c2Cl)ccc1CNC1CCOC[C@@H]1O. The number of benzene rings is 2. The average Bonchev–Trinajstić information content (AvgIpc) is 2.98. The molecule has 1 aliphatic heterocycles. The number of aromatic amines is 1. The van der Waals surface area contributed by atoms with Crippen molar-refractivity contribution in [1.82, 2.24) is 20.5 Å². The van der Waals surface area contributed by atoms with Crippen LogP contribution in [0.5, 0.6) is 5.88 Å². The minimum Gasteiger partial charge on any atom is -0.481 e. The monoisotopic (exact) mass is 595 g/mol. The van der Waals surface area contributed by atoms with Gasteiger partial charge in [-0.05, 0) is 24.6 Å². The van der Waals surface area contributed by atoms with Gasteiger partial charge in [0.05, 0.1) is 41.2 Å². The van der Waals surface area contributed by atoms with Gasteiger partial charge in [-0.2, -0.15) is 5.10 Å². The van der Waals surface area contributed by atoms with Gasteiger partial charge in [0.2, 0.25) is 5.88 Å². The Balaban J connectivity index is 1.41. The summed E-state index contributed by atoms with van der Waals surface area (Å²) in [6.45, 7) is 1.37. The quantitative estimate of drug-likeness (QED) is 0.236. The number of rotatable bonds is 8. The summed E-state index contributed by atoms with van der Waals surface area (Å²) in [5.41, 5.74) is 2.93. The van der Waals surface area contributed by atoms with E-state index in [0.29, 0.717) is 65.2 Å². The highest BCUT2D eigenvalue weighted by Gasteiger charge is 2.24. The van der Waals surface area contributed by atoms with Gasteiger partial charge in [-0.25, -0.2) is 10.1 Å². The maximum atomic E-state index is 12.7. The lowest BCUT2D eigenvalue weighted by molar-refractivity contribution is -0.0281. The average molecular weight is 596 g/mol. The molecule has 10 nitrogen and oxygen atoms in total. The van der Waals surface area contributed by atoms with Crippen molar-refractivity contribution in [2.24, 2.45) is 0 Å². The predicted molar refractivity (Wildman–Crippen MR) is 157 cm³/mol. The number of methoxy groups -OCH3 is 1. The molecule has 4 N–H and O–H groups in total. The largest absolute Gasteiger partial charge is 0.481 e. The maximum Gasteiger partial charge on any atom is 0.277 e. The summed E-state index contributed by atoms with van der Waals surface area (Å²) >= 11 is 13.6. The molecule has 212 valence electrons. The van der Waals surface area contributed by atoms with E-state index in [1.165, 1.54) is 12.3 Å². The Labute approximate surface area is 245 Å². The molecule has 0 aliphatic carbocycles. The van der Waals surface area contributed by atoms with Crippen molar-refractivity contribution in [3.63, 3.8) is 0 Å². The lowest BCUT2D eigenvalue weighted by atomic mass is 10.00. The van der Waals surface area contributed by atoms with Gasteiger partial charge in [-0.3, -0.25) is 9.59 Å². The van der Waals surface area contributed by atoms with E-state index in [4.69, 9.17) is 37.7 Å². The zero-order valence-electron chi connectivity index (χ0n) is 22.0. The van der Waals surface area contributed by atoms with Crippen LogP contribution in [0.3, 0.4) is 0 Å². The van der Waals surface area contributed by atoms with Crippen molar-refractivity contribution < 1.29 is 19.4 Å². The highest BCUT2D eigenvalue weighted by atomic mass is 35.5. The Kier molecular flexibility index (Phi) is 8.96. The third-order valence-corrected chi connectivity index (χ3v) is 7.61. The van der Waals surface area contributed by atoms with E-state index in [-0.39, 0.29) is 16.6 Å². The van der Waals surface area contributed by atoms with E-state index in [1.807, 2.05) is 30.3 Å². The molecular weight excluding hydrogens is 569 g/mol. The number of aromatic nitrogens is 3. The van der Waals surface area contributed by atoms with Crippen LogP contribution >= 0.6 is 23.2 Å². The van der Waals surface area contributed by atoms with Gasteiger partial charge in [0, 0.05) is 47.6 Å². The van der Waals surface area contributed by atoms with Crippen molar-refractivity contribution in [2.75, 3.05) is 25.6 Å². The normalized spacial score (nSPS) is 16.8. The Hall–Kier alpha value is -3.80. The third-order valence-electron chi connectivity index (χ3n) is 6.80. The highest BCUT2D eigenvalue weighted by molar-refractivity contribution is 6.39. The minimum absolute atomic E-state index is 0.0741. The molecule has 1 aliphatic rings. The van der Waals surface area contributed by atoms with Crippen molar-refractivity contribution in [1.29, 1.82) is 0 Å². The zero-order valence-corrected chi connectivity index (χ0v) is 23.5. The highest BCUT2D eigenvalue weighted by Crippen LogP contribution is 2.41. The number of nitrogens with zero attached hydrogens (tertiary/aromatic N) is 2. The molecule has 2 atom stereocenters. The minimum atomic E-state index is -0.621. The molecule has 1 unspecified atom stereocenters. The van der Waals surface area contributed by atoms with Crippen LogP contribution in [0, 0.1) is 0 Å². The second-order valence-corrected chi connectivity index (χ2v) is 10.1. The van der Waals surface area contributed by atoms with Crippen LogP contribution in [-0.2, 0) is 11.3 Å². The summed E-state index contributed by atoms with van der Waals surface area (Å²) < 4.78 is 10.9. The van der Waals surface area contributed by atoms with E-state index in [0.717, 1.165) is 5.56 Å². The van der Waals surface area contributed by atoms with Crippen LogP contribution in [-0.4, -0.2) is 58.7 Å². The van der Waals surface area contributed by atoms with Crippen LogP contribution in [0.15, 0.2) is 65.6 Å². The number of hydrogen-bond donors (Lipinski definition) is 4. The Morgan fingerprint density at radius 2 is 1.85 bits per heavy atom. The van der Waals surface area contributed by atoms with Crippen molar-refractivity contribution in [3.05, 3.63) is 92.3 Å². The first-order chi connectivity index (χ1) is 19.9. The van der Waals surface area contributed by atoms with Crippen LogP contribution in [0.1, 0.15) is 22.3 Å². The maximum absolute atomic E-state index is 12.7. The van der Waals surface area contributed by atoms with Gasteiger partial charge < -0.3 is 25.2 Å². The summed E-state index contributed by atoms with van der Waals surface area (Å²) in [7, 11) is 1.55. The third kappa shape index (κ3) is 6.27. The molecule has 4 aromatic rings. The number of carbonyl (C=O) groups is 1. The van der Waals surface area contributed by atoms with Crippen molar-refractivity contribution >= 4 is 34.8 Å². The molecule has 41 heavy (non-hydrogen) atoms. The first kappa shape index (κ1) is 28.7. The first-order valence-electron chi connectivity index (χ1n) is 12.8. The van der Waals surface area contributed by atoms with Crippen LogP contribution in [0.2, 0.25) is 10.0 Å². The van der Waals surface area contributed by atoms with E-state index < -0.39 is 17.6 Å².